The summed E-state index contributed by atoms with van der Waals surface area (Å²) in [5, 5.41) is 0. The highest BCUT2D eigenvalue weighted by Gasteiger charge is 2.47. The van der Waals surface area contributed by atoms with E-state index in [9.17, 15) is 9.59 Å². The molecule has 1 amide bonds. The van der Waals surface area contributed by atoms with Crippen molar-refractivity contribution in [2.45, 2.75) is 56.8 Å². The Morgan fingerprint density at radius 2 is 1.96 bits per heavy atom. The smallest absolute Gasteiger partial charge is 0.228 e. The maximum absolute atomic E-state index is 12.9. The van der Waals surface area contributed by atoms with E-state index in [2.05, 4.69) is 0 Å². The lowest BCUT2D eigenvalue weighted by molar-refractivity contribution is -0.137. The third kappa shape index (κ3) is 2.80. The van der Waals surface area contributed by atoms with Crippen LogP contribution in [-0.4, -0.2) is 41.4 Å². The predicted molar refractivity (Wildman–Crippen MR) is 86.1 cm³/mol. The van der Waals surface area contributed by atoms with Gasteiger partial charge >= 0.3 is 0 Å². The molecule has 0 aromatic heterocycles. The number of rotatable bonds is 4. The highest BCUT2D eigenvalue weighted by Crippen LogP contribution is 2.40. The normalized spacial score (nSPS) is 32.4. The van der Waals surface area contributed by atoms with Crippen molar-refractivity contribution in [2.75, 3.05) is 6.54 Å². The standard InChI is InChI=1S/C19H23NO3/c21-17(13-5-2-1-3-6-13)11-14-7-4-10-20(14)19(22)16-12-15-8-9-18(16)23-15/h1-3,5-6,14-16,18H,4,7-12H2/t14-,15+,16+,18+/m0/s1. The van der Waals surface area contributed by atoms with E-state index in [1.807, 2.05) is 35.2 Å². The molecule has 4 rings (SSSR count). The number of benzene rings is 1. The van der Waals surface area contributed by atoms with Gasteiger partial charge in [0.2, 0.25) is 5.91 Å². The number of ketones is 1. The number of fused-ring (bicyclic) bond motifs is 2. The zero-order valence-corrected chi connectivity index (χ0v) is 13.3. The Balaban J connectivity index is 1.42. The number of carbonyl (C=O) groups is 2. The van der Waals surface area contributed by atoms with E-state index < -0.39 is 0 Å². The lowest BCUT2D eigenvalue weighted by Crippen LogP contribution is -2.43. The number of likely N-dealkylation sites (tertiary alicyclic amines) is 1. The Labute approximate surface area is 136 Å². The van der Waals surface area contributed by atoms with Crippen LogP contribution < -0.4 is 0 Å². The van der Waals surface area contributed by atoms with Crippen LogP contribution in [-0.2, 0) is 9.53 Å². The van der Waals surface area contributed by atoms with E-state index >= 15 is 0 Å². The van der Waals surface area contributed by atoms with Crippen LogP contribution in [0.15, 0.2) is 30.3 Å². The molecule has 23 heavy (non-hydrogen) atoms. The second kappa shape index (κ2) is 6.08. The van der Waals surface area contributed by atoms with Gasteiger partial charge in [0.25, 0.3) is 0 Å². The van der Waals surface area contributed by atoms with Gasteiger partial charge in [-0.05, 0) is 32.1 Å². The molecule has 0 radical (unpaired) electrons. The fourth-order valence-electron chi connectivity index (χ4n) is 4.40. The molecule has 0 aliphatic carbocycles. The molecular formula is C19H23NO3. The van der Waals surface area contributed by atoms with Gasteiger partial charge in [-0.1, -0.05) is 30.3 Å². The van der Waals surface area contributed by atoms with Crippen molar-refractivity contribution >= 4 is 11.7 Å². The van der Waals surface area contributed by atoms with Crippen LogP contribution >= 0.6 is 0 Å². The van der Waals surface area contributed by atoms with Crippen molar-refractivity contribution in [3.63, 3.8) is 0 Å². The average Bonchev–Trinajstić information content (AvgIpc) is 3.31. The average molecular weight is 313 g/mol. The Bertz CT molecular complexity index is 600. The number of Topliss-reactive ketones (excluding diaryl/α,β-unsaturated/α-hetero) is 1. The number of hydrogen-bond acceptors (Lipinski definition) is 3. The van der Waals surface area contributed by atoms with Crippen molar-refractivity contribution < 1.29 is 14.3 Å². The molecule has 4 nitrogen and oxygen atoms in total. The minimum absolute atomic E-state index is 0.0289. The summed E-state index contributed by atoms with van der Waals surface area (Å²) in [6, 6.07) is 9.46. The molecule has 3 aliphatic rings. The van der Waals surface area contributed by atoms with E-state index in [-0.39, 0.29) is 29.8 Å². The molecule has 0 N–H and O–H groups in total. The second-order valence-electron chi connectivity index (χ2n) is 7.04. The molecule has 4 heteroatoms. The van der Waals surface area contributed by atoms with Crippen molar-refractivity contribution in [2.24, 2.45) is 5.92 Å². The molecule has 3 fully saturated rings. The molecule has 0 saturated carbocycles. The molecular weight excluding hydrogens is 290 g/mol. The first-order valence-electron chi connectivity index (χ1n) is 8.76. The first-order chi connectivity index (χ1) is 11.2. The fourth-order valence-corrected chi connectivity index (χ4v) is 4.40. The van der Waals surface area contributed by atoms with Crippen LogP contribution in [0.25, 0.3) is 0 Å². The SMILES string of the molecule is O=C(C[C@@H]1CCCN1C(=O)[C@@H]1C[C@H]2CC[C@H]1O2)c1ccccc1. The Hall–Kier alpha value is -1.68. The first kappa shape index (κ1) is 14.9. The summed E-state index contributed by atoms with van der Waals surface area (Å²) < 4.78 is 5.84. The molecule has 3 saturated heterocycles. The van der Waals surface area contributed by atoms with Crippen molar-refractivity contribution in [3.05, 3.63) is 35.9 Å². The minimum Gasteiger partial charge on any atom is -0.374 e. The number of hydrogen-bond donors (Lipinski definition) is 0. The van der Waals surface area contributed by atoms with E-state index in [0.29, 0.717) is 12.5 Å². The van der Waals surface area contributed by atoms with E-state index in [1.54, 1.807) is 0 Å². The molecule has 122 valence electrons. The molecule has 1 aromatic rings. The lowest BCUT2D eigenvalue weighted by Gasteiger charge is -2.29. The third-order valence-electron chi connectivity index (χ3n) is 5.60. The van der Waals surface area contributed by atoms with Gasteiger partial charge in [-0.25, -0.2) is 0 Å². The number of ether oxygens (including phenoxy) is 1. The molecule has 2 bridgehead atoms. The summed E-state index contributed by atoms with van der Waals surface area (Å²) in [6.45, 7) is 0.791. The van der Waals surface area contributed by atoms with Crippen LogP contribution in [0, 0.1) is 5.92 Å². The largest absolute Gasteiger partial charge is 0.374 e. The van der Waals surface area contributed by atoms with Gasteiger partial charge in [0.05, 0.1) is 18.1 Å². The van der Waals surface area contributed by atoms with Crippen LogP contribution in [0.5, 0.6) is 0 Å². The van der Waals surface area contributed by atoms with E-state index in [0.717, 1.165) is 44.2 Å². The van der Waals surface area contributed by atoms with Gasteiger partial charge in [0.1, 0.15) is 0 Å². The number of carbonyl (C=O) groups excluding carboxylic acids is 2. The Morgan fingerprint density at radius 1 is 1.13 bits per heavy atom. The van der Waals surface area contributed by atoms with Crippen LogP contribution in [0.2, 0.25) is 0 Å². The molecule has 0 spiro atoms. The molecule has 0 unspecified atom stereocenters. The number of nitrogens with zero attached hydrogens (tertiary/aromatic N) is 1. The van der Waals surface area contributed by atoms with Crippen molar-refractivity contribution in [3.8, 4) is 0 Å². The van der Waals surface area contributed by atoms with Gasteiger partial charge in [0.15, 0.2) is 5.78 Å². The summed E-state index contributed by atoms with van der Waals surface area (Å²) in [6.07, 6.45) is 5.79. The first-order valence-corrected chi connectivity index (χ1v) is 8.76. The van der Waals surface area contributed by atoms with Gasteiger partial charge in [-0.3, -0.25) is 9.59 Å². The van der Waals surface area contributed by atoms with Gasteiger partial charge in [-0.15, -0.1) is 0 Å². The van der Waals surface area contributed by atoms with E-state index in [4.69, 9.17) is 4.74 Å². The quantitative estimate of drug-likeness (QED) is 0.803. The monoisotopic (exact) mass is 313 g/mol. The summed E-state index contributed by atoms with van der Waals surface area (Å²) >= 11 is 0. The predicted octanol–water partition coefficient (Wildman–Crippen LogP) is 2.82. The third-order valence-corrected chi connectivity index (χ3v) is 5.60. The molecule has 3 heterocycles. The maximum Gasteiger partial charge on any atom is 0.228 e. The Morgan fingerprint density at radius 3 is 2.65 bits per heavy atom. The van der Waals surface area contributed by atoms with Crippen molar-refractivity contribution in [1.29, 1.82) is 0 Å². The van der Waals surface area contributed by atoms with Gasteiger partial charge < -0.3 is 9.64 Å². The van der Waals surface area contributed by atoms with E-state index in [1.165, 1.54) is 0 Å². The molecule has 4 atom stereocenters. The van der Waals surface area contributed by atoms with Gasteiger partial charge in [0, 0.05) is 24.6 Å². The highest BCUT2D eigenvalue weighted by molar-refractivity contribution is 5.96. The van der Waals surface area contributed by atoms with Gasteiger partial charge in [-0.2, -0.15) is 0 Å². The fraction of sp³-hybridized carbons (Fsp3) is 0.579. The topological polar surface area (TPSA) is 46.6 Å². The lowest BCUT2D eigenvalue weighted by atomic mass is 9.88. The zero-order valence-electron chi connectivity index (χ0n) is 13.3. The minimum atomic E-state index is 0.0289. The Kier molecular flexibility index (Phi) is 3.93. The zero-order chi connectivity index (χ0) is 15.8. The summed E-state index contributed by atoms with van der Waals surface area (Å²) in [5.41, 5.74) is 0.745. The maximum atomic E-state index is 12.9. The van der Waals surface area contributed by atoms with Crippen LogP contribution in [0.4, 0.5) is 0 Å². The second-order valence-corrected chi connectivity index (χ2v) is 7.04. The summed E-state index contributed by atoms with van der Waals surface area (Å²) in [4.78, 5) is 27.3. The molecule has 3 aliphatic heterocycles. The van der Waals surface area contributed by atoms with Crippen molar-refractivity contribution in [1.82, 2.24) is 4.90 Å². The summed E-state index contributed by atoms with van der Waals surface area (Å²) in [7, 11) is 0. The number of amides is 1. The summed E-state index contributed by atoms with van der Waals surface area (Å²) in [5.74, 6) is 0.390. The van der Waals surface area contributed by atoms with Crippen LogP contribution in [0.3, 0.4) is 0 Å². The molecule has 1 aromatic carbocycles. The highest BCUT2D eigenvalue weighted by atomic mass is 16.5. The van der Waals surface area contributed by atoms with Crippen LogP contribution in [0.1, 0.15) is 48.9 Å².